The minimum Gasteiger partial charge on any atom is -0.294 e. The molecular weight excluding hydrogens is 304 g/mol. The van der Waals surface area contributed by atoms with Gasteiger partial charge in [0.15, 0.2) is 0 Å². The zero-order valence-corrected chi connectivity index (χ0v) is 14.3. The van der Waals surface area contributed by atoms with Crippen molar-refractivity contribution in [1.82, 2.24) is 9.55 Å². The fourth-order valence-corrected chi connectivity index (χ4v) is 4.83. The first-order valence-corrected chi connectivity index (χ1v) is 8.98. The lowest BCUT2D eigenvalue weighted by Gasteiger charge is -2.17. The molecule has 1 atom stereocenters. The van der Waals surface area contributed by atoms with Crippen molar-refractivity contribution in [2.75, 3.05) is 0 Å². The maximum atomic E-state index is 13.0. The van der Waals surface area contributed by atoms with Crippen LogP contribution in [0.2, 0.25) is 0 Å². The quantitative estimate of drug-likeness (QED) is 0.715. The molecule has 2 heterocycles. The van der Waals surface area contributed by atoms with E-state index in [9.17, 15) is 4.79 Å². The zero-order chi connectivity index (χ0) is 16.0. The average molecular weight is 324 g/mol. The molecular formula is C19H20N2OS. The van der Waals surface area contributed by atoms with Crippen LogP contribution in [0, 0.1) is 12.8 Å². The molecule has 2 aromatic heterocycles. The lowest BCUT2D eigenvalue weighted by atomic mass is 9.89. The second-order valence-corrected chi connectivity index (χ2v) is 7.78. The molecule has 0 amide bonds. The molecule has 1 aromatic carbocycles. The van der Waals surface area contributed by atoms with E-state index in [-0.39, 0.29) is 5.56 Å². The first-order valence-electron chi connectivity index (χ1n) is 8.17. The van der Waals surface area contributed by atoms with E-state index in [1.165, 1.54) is 22.4 Å². The number of hydrogen-bond acceptors (Lipinski definition) is 3. The predicted molar refractivity (Wildman–Crippen MR) is 95.4 cm³/mol. The second-order valence-electron chi connectivity index (χ2n) is 6.70. The number of benzene rings is 1. The molecule has 4 rings (SSSR count). The number of fused-ring (bicyclic) bond motifs is 3. The summed E-state index contributed by atoms with van der Waals surface area (Å²) in [5.74, 6) is 0.713. The molecule has 4 heteroatoms. The summed E-state index contributed by atoms with van der Waals surface area (Å²) in [5.41, 5.74) is 3.74. The Balaban J connectivity index is 1.80. The van der Waals surface area contributed by atoms with Gasteiger partial charge in [0.1, 0.15) is 4.83 Å². The van der Waals surface area contributed by atoms with Gasteiger partial charge in [0.05, 0.1) is 18.3 Å². The molecule has 1 aliphatic carbocycles. The minimum absolute atomic E-state index is 0.114. The summed E-state index contributed by atoms with van der Waals surface area (Å²) < 4.78 is 1.75. The maximum absolute atomic E-state index is 13.0. The summed E-state index contributed by atoms with van der Waals surface area (Å²) in [6.45, 7) is 4.95. The number of thiophene rings is 1. The Hall–Kier alpha value is -1.94. The molecule has 3 aromatic rings. The summed E-state index contributed by atoms with van der Waals surface area (Å²) in [4.78, 5) is 19.8. The monoisotopic (exact) mass is 324 g/mol. The summed E-state index contributed by atoms with van der Waals surface area (Å²) in [7, 11) is 0. The van der Waals surface area contributed by atoms with E-state index in [1.807, 2.05) is 6.07 Å². The summed E-state index contributed by atoms with van der Waals surface area (Å²) >= 11 is 1.71. The largest absolute Gasteiger partial charge is 0.294 e. The van der Waals surface area contributed by atoms with Gasteiger partial charge >= 0.3 is 0 Å². The van der Waals surface area contributed by atoms with Crippen LogP contribution in [-0.4, -0.2) is 9.55 Å². The Morgan fingerprint density at radius 3 is 3.09 bits per heavy atom. The predicted octanol–water partition coefficient (Wildman–Crippen LogP) is 3.94. The van der Waals surface area contributed by atoms with Crippen molar-refractivity contribution in [3.05, 3.63) is 62.5 Å². The molecule has 1 aliphatic rings. The molecule has 23 heavy (non-hydrogen) atoms. The van der Waals surface area contributed by atoms with Crippen molar-refractivity contribution >= 4 is 21.6 Å². The fraction of sp³-hybridized carbons (Fsp3) is 0.368. The third kappa shape index (κ3) is 2.61. The highest BCUT2D eigenvalue weighted by molar-refractivity contribution is 7.18. The van der Waals surface area contributed by atoms with Crippen molar-refractivity contribution in [2.45, 2.75) is 39.7 Å². The van der Waals surface area contributed by atoms with Gasteiger partial charge in [-0.2, -0.15) is 0 Å². The van der Waals surface area contributed by atoms with Crippen molar-refractivity contribution < 1.29 is 0 Å². The van der Waals surface area contributed by atoms with Crippen molar-refractivity contribution in [3.63, 3.8) is 0 Å². The van der Waals surface area contributed by atoms with E-state index in [4.69, 9.17) is 0 Å². The molecule has 0 aliphatic heterocycles. The summed E-state index contributed by atoms with van der Waals surface area (Å²) in [6.07, 6.45) is 4.99. The molecule has 1 unspecified atom stereocenters. The lowest BCUT2D eigenvalue weighted by molar-refractivity contribution is 0.509. The lowest BCUT2D eigenvalue weighted by Crippen LogP contribution is -2.22. The highest BCUT2D eigenvalue weighted by atomic mass is 32.1. The fourth-order valence-electron chi connectivity index (χ4n) is 3.49. The molecule has 0 saturated heterocycles. The third-order valence-corrected chi connectivity index (χ3v) is 5.88. The SMILES string of the molecule is Cc1cccc(Cn2cnc3sc4c(c3c2=O)CCC(C)C4)c1. The Labute approximate surface area is 139 Å². The Kier molecular flexibility index (Phi) is 3.57. The van der Waals surface area contributed by atoms with Crippen molar-refractivity contribution in [3.8, 4) is 0 Å². The van der Waals surface area contributed by atoms with Crippen molar-refractivity contribution in [1.29, 1.82) is 0 Å². The first-order chi connectivity index (χ1) is 11.1. The summed E-state index contributed by atoms with van der Waals surface area (Å²) in [5, 5.41) is 0.868. The van der Waals surface area contributed by atoms with Crippen LogP contribution in [-0.2, 0) is 19.4 Å². The van der Waals surface area contributed by atoms with Gasteiger partial charge in [-0.05, 0) is 43.2 Å². The molecule has 0 fully saturated rings. The van der Waals surface area contributed by atoms with E-state index in [0.29, 0.717) is 12.5 Å². The average Bonchev–Trinajstić information content (AvgIpc) is 2.88. The highest BCUT2D eigenvalue weighted by Gasteiger charge is 2.23. The van der Waals surface area contributed by atoms with E-state index in [0.717, 1.165) is 28.6 Å². The van der Waals surface area contributed by atoms with Gasteiger partial charge in [-0.15, -0.1) is 11.3 Å². The van der Waals surface area contributed by atoms with E-state index in [2.05, 4.69) is 37.0 Å². The van der Waals surface area contributed by atoms with Gasteiger partial charge in [-0.25, -0.2) is 4.98 Å². The van der Waals surface area contributed by atoms with Gasteiger partial charge in [-0.3, -0.25) is 9.36 Å². The third-order valence-electron chi connectivity index (χ3n) is 4.72. The normalized spacial score (nSPS) is 17.4. The number of nitrogens with zero attached hydrogens (tertiary/aromatic N) is 2. The van der Waals surface area contributed by atoms with Crippen LogP contribution in [0.3, 0.4) is 0 Å². The Morgan fingerprint density at radius 1 is 1.39 bits per heavy atom. The smallest absolute Gasteiger partial charge is 0.262 e. The minimum atomic E-state index is 0.114. The van der Waals surface area contributed by atoms with Crippen LogP contribution < -0.4 is 5.56 Å². The number of hydrogen-bond donors (Lipinski definition) is 0. The molecule has 0 saturated carbocycles. The highest BCUT2D eigenvalue weighted by Crippen LogP contribution is 2.35. The number of aryl methyl sites for hydroxylation is 2. The van der Waals surface area contributed by atoms with Gasteiger partial charge in [-0.1, -0.05) is 36.8 Å². The topological polar surface area (TPSA) is 34.9 Å². The van der Waals surface area contributed by atoms with E-state index < -0.39 is 0 Å². The van der Waals surface area contributed by atoms with Crippen LogP contribution in [0.4, 0.5) is 0 Å². The van der Waals surface area contributed by atoms with Crippen LogP contribution >= 0.6 is 11.3 Å². The van der Waals surface area contributed by atoms with Gasteiger partial charge in [0.2, 0.25) is 0 Å². The van der Waals surface area contributed by atoms with E-state index >= 15 is 0 Å². The summed E-state index contributed by atoms with van der Waals surface area (Å²) in [6, 6.07) is 8.30. The van der Waals surface area contributed by atoms with Crippen LogP contribution in [0.5, 0.6) is 0 Å². The molecule has 0 N–H and O–H groups in total. The molecule has 0 spiro atoms. The van der Waals surface area contributed by atoms with Crippen LogP contribution in [0.1, 0.15) is 34.9 Å². The van der Waals surface area contributed by atoms with Gasteiger partial charge in [0.25, 0.3) is 5.56 Å². The molecule has 0 bridgehead atoms. The standard InChI is InChI=1S/C19H20N2OS/c1-12-4-3-5-14(8-12)10-21-11-20-18-17(19(21)22)15-7-6-13(2)9-16(15)23-18/h3-5,8,11,13H,6-7,9-10H2,1-2H3. The van der Waals surface area contributed by atoms with Gasteiger partial charge < -0.3 is 0 Å². The zero-order valence-electron chi connectivity index (χ0n) is 13.5. The van der Waals surface area contributed by atoms with Crippen LogP contribution in [0.15, 0.2) is 35.4 Å². The molecule has 118 valence electrons. The maximum Gasteiger partial charge on any atom is 0.262 e. The van der Waals surface area contributed by atoms with Crippen molar-refractivity contribution in [2.24, 2.45) is 5.92 Å². The van der Waals surface area contributed by atoms with Crippen LogP contribution in [0.25, 0.3) is 10.2 Å². The molecule has 0 radical (unpaired) electrons. The number of rotatable bonds is 2. The van der Waals surface area contributed by atoms with E-state index in [1.54, 1.807) is 22.2 Å². The number of aromatic nitrogens is 2. The van der Waals surface area contributed by atoms with Gasteiger partial charge in [0, 0.05) is 4.88 Å². The second kappa shape index (κ2) is 5.60. The Morgan fingerprint density at radius 2 is 2.26 bits per heavy atom. The first kappa shape index (κ1) is 14.6. The molecule has 3 nitrogen and oxygen atoms in total. The Bertz CT molecular complexity index is 938.